The maximum atomic E-state index is 12.6. The largest absolute Gasteiger partial charge is 0.338 e. The number of carbonyl (C=O) groups is 1. The molecule has 1 saturated carbocycles. The van der Waals surface area contributed by atoms with E-state index in [0.717, 1.165) is 36.1 Å². The standard InChI is InChI=1S/C17H20N2O/c18-9-3-5-13-4-1-6-14(10-13)17(20)19-11-15-7-2-8-16(15)12-19/h1,4,6,10,15-16H,2,7-9,11-12,18H2. The number of nitrogens with zero attached hydrogens (tertiary/aromatic N) is 1. The van der Waals surface area contributed by atoms with Crippen LogP contribution in [0.25, 0.3) is 0 Å². The Morgan fingerprint density at radius 3 is 2.75 bits per heavy atom. The van der Waals surface area contributed by atoms with Gasteiger partial charge in [0, 0.05) is 24.2 Å². The zero-order chi connectivity index (χ0) is 13.9. The van der Waals surface area contributed by atoms with Gasteiger partial charge in [0.05, 0.1) is 6.54 Å². The van der Waals surface area contributed by atoms with Gasteiger partial charge in [-0.3, -0.25) is 4.79 Å². The summed E-state index contributed by atoms with van der Waals surface area (Å²) >= 11 is 0. The fourth-order valence-electron chi connectivity index (χ4n) is 3.47. The van der Waals surface area contributed by atoms with E-state index in [-0.39, 0.29) is 5.91 Å². The van der Waals surface area contributed by atoms with Crippen LogP contribution in [-0.2, 0) is 0 Å². The summed E-state index contributed by atoms with van der Waals surface area (Å²) in [7, 11) is 0. The lowest BCUT2D eigenvalue weighted by Crippen LogP contribution is -2.29. The highest BCUT2D eigenvalue weighted by atomic mass is 16.2. The molecular formula is C17H20N2O. The van der Waals surface area contributed by atoms with Gasteiger partial charge in [0.2, 0.25) is 0 Å². The van der Waals surface area contributed by atoms with E-state index in [0.29, 0.717) is 6.54 Å². The van der Waals surface area contributed by atoms with Crippen LogP contribution in [0.5, 0.6) is 0 Å². The normalized spacial score (nSPS) is 24.1. The lowest BCUT2D eigenvalue weighted by Gasteiger charge is -2.17. The van der Waals surface area contributed by atoms with Crippen molar-refractivity contribution in [2.75, 3.05) is 19.6 Å². The van der Waals surface area contributed by atoms with E-state index in [9.17, 15) is 4.79 Å². The lowest BCUT2D eigenvalue weighted by atomic mass is 10.0. The number of benzene rings is 1. The summed E-state index contributed by atoms with van der Waals surface area (Å²) in [5.74, 6) is 7.43. The molecule has 3 nitrogen and oxygen atoms in total. The highest BCUT2D eigenvalue weighted by molar-refractivity contribution is 5.94. The summed E-state index contributed by atoms with van der Waals surface area (Å²) in [5.41, 5.74) is 6.98. The van der Waals surface area contributed by atoms with Crippen LogP contribution < -0.4 is 5.73 Å². The van der Waals surface area contributed by atoms with Gasteiger partial charge in [-0.1, -0.05) is 24.3 Å². The third kappa shape index (κ3) is 2.57. The molecule has 0 aromatic heterocycles. The molecule has 0 bridgehead atoms. The second-order valence-electron chi connectivity index (χ2n) is 5.75. The number of hydrogen-bond donors (Lipinski definition) is 1. The third-order valence-corrected chi connectivity index (χ3v) is 4.46. The molecule has 1 aliphatic carbocycles. The molecular weight excluding hydrogens is 248 g/mol. The number of likely N-dealkylation sites (tertiary alicyclic amines) is 1. The first-order chi connectivity index (χ1) is 9.78. The molecule has 2 unspecified atom stereocenters. The second kappa shape index (κ2) is 5.68. The van der Waals surface area contributed by atoms with Crippen molar-refractivity contribution in [3.63, 3.8) is 0 Å². The van der Waals surface area contributed by atoms with Crippen LogP contribution in [0.2, 0.25) is 0 Å². The second-order valence-corrected chi connectivity index (χ2v) is 5.75. The van der Waals surface area contributed by atoms with E-state index in [1.54, 1.807) is 0 Å². The van der Waals surface area contributed by atoms with E-state index in [1.165, 1.54) is 19.3 Å². The minimum atomic E-state index is 0.149. The molecule has 1 aliphatic heterocycles. The Labute approximate surface area is 120 Å². The van der Waals surface area contributed by atoms with Crippen LogP contribution in [0.4, 0.5) is 0 Å². The minimum Gasteiger partial charge on any atom is -0.338 e. The minimum absolute atomic E-state index is 0.149. The fourth-order valence-corrected chi connectivity index (χ4v) is 3.47. The smallest absolute Gasteiger partial charge is 0.253 e. The van der Waals surface area contributed by atoms with E-state index in [1.807, 2.05) is 29.2 Å². The van der Waals surface area contributed by atoms with Crippen LogP contribution in [0.15, 0.2) is 24.3 Å². The highest BCUT2D eigenvalue weighted by Crippen LogP contribution is 2.38. The van der Waals surface area contributed by atoms with Gasteiger partial charge >= 0.3 is 0 Å². The Morgan fingerprint density at radius 1 is 1.30 bits per heavy atom. The van der Waals surface area contributed by atoms with E-state index in [2.05, 4.69) is 11.8 Å². The zero-order valence-electron chi connectivity index (χ0n) is 11.6. The van der Waals surface area contributed by atoms with Crippen molar-refractivity contribution in [2.45, 2.75) is 19.3 Å². The van der Waals surface area contributed by atoms with E-state index < -0.39 is 0 Å². The number of amides is 1. The Bertz CT molecular complexity index is 558. The molecule has 2 N–H and O–H groups in total. The van der Waals surface area contributed by atoms with Gasteiger partial charge in [0.1, 0.15) is 0 Å². The van der Waals surface area contributed by atoms with Crippen molar-refractivity contribution in [1.29, 1.82) is 0 Å². The van der Waals surface area contributed by atoms with Gasteiger partial charge in [-0.2, -0.15) is 0 Å². The predicted octanol–water partition coefficient (Wildman–Crippen LogP) is 1.87. The molecule has 1 heterocycles. The molecule has 2 aliphatic rings. The summed E-state index contributed by atoms with van der Waals surface area (Å²) in [6.07, 6.45) is 3.91. The van der Waals surface area contributed by atoms with E-state index >= 15 is 0 Å². The molecule has 1 aromatic rings. The Hall–Kier alpha value is -1.79. The van der Waals surface area contributed by atoms with Gasteiger partial charge in [0.15, 0.2) is 0 Å². The zero-order valence-corrected chi connectivity index (χ0v) is 11.6. The first-order valence-electron chi connectivity index (χ1n) is 7.36. The molecule has 3 heteroatoms. The van der Waals surface area contributed by atoms with E-state index in [4.69, 9.17) is 5.73 Å². The van der Waals surface area contributed by atoms with Crippen LogP contribution in [0.1, 0.15) is 35.2 Å². The molecule has 1 amide bonds. The number of fused-ring (bicyclic) bond motifs is 1. The maximum Gasteiger partial charge on any atom is 0.253 e. The Morgan fingerprint density at radius 2 is 2.05 bits per heavy atom. The summed E-state index contributed by atoms with van der Waals surface area (Å²) in [4.78, 5) is 14.6. The van der Waals surface area contributed by atoms with Gasteiger partial charge in [-0.05, 0) is 42.9 Å². The van der Waals surface area contributed by atoms with Gasteiger partial charge < -0.3 is 10.6 Å². The molecule has 1 aromatic carbocycles. The monoisotopic (exact) mass is 268 g/mol. The fraction of sp³-hybridized carbons (Fsp3) is 0.471. The Balaban J connectivity index is 1.74. The predicted molar refractivity (Wildman–Crippen MR) is 79.1 cm³/mol. The van der Waals surface area contributed by atoms with Crippen molar-refractivity contribution in [3.05, 3.63) is 35.4 Å². The van der Waals surface area contributed by atoms with Gasteiger partial charge in [-0.15, -0.1) is 0 Å². The highest BCUT2D eigenvalue weighted by Gasteiger charge is 2.38. The summed E-state index contributed by atoms with van der Waals surface area (Å²) in [6.45, 7) is 2.21. The van der Waals surface area contributed by atoms with Crippen molar-refractivity contribution < 1.29 is 4.79 Å². The summed E-state index contributed by atoms with van der Waals surface area (Å²) in [6, 6.07) is 7.56. The molecule has 3 rings (SSSR count). The number of hydrogen-bond acceptors (Lipinski definition) is 2. The molecule has 104 valence electrons. The number of rotatable bonds is 1. The van der Waals surface area contributed by atoms with Gasteiger partial charge in [0.25, 0.3) is 5.91 Å². The molecule has 2 atom stereocenters. The van der Waals surface area contributed by atoms with Crippen molar-refractivity contribution >= 4 is 5.91 Å². The molecule has 1 saturated heterocycles. The molecule has 20 heavy (non-hydrogen) atoms. The summed E-state index contributed by atoms with van der Waals surface area (Å²) < 4.78 is 0. The topological polar surface area (TPSA) is 46.3 Å². The maximum absolute atomic E-state index is 12.6. The van der Waals surface area contributed by atoms with Crippen LogP contribution >= 0.6 is 0 Å². The molecule has 0 radical (unpaired) electrons. The number of nitrogens with two attached hydrogens (primary N) is 1. The van der Waals surface area contributed by atoms with Crippen molar-refractivity contribution in [1.82, 2.24) is 4.90 Å². The van der Waals surface area contributed by atoms with Crippen LogP contribution in [0.3, 0.4) is 0 Å². The Kier molecular flexibility index (Phi) is 3.75. The van der Waals surface area contributed by atoms with Crippen LogP contribution in [0, 0.1) is 23.7 Å². The van der Waals surface area contributed by atoms with Crippen molar-refractivity contribution in [2.24, 2.45) is 17.6 Å². The van der Waals surface area contributed by atoms with Crippen LogP contribution in [-0.4, -0.2) is 30.4 Å². The lowest BCUT2D eigenvalue weighted by molar-refractivity contribution is 0.0780. The average molecular weight is 268 g/mol. The SMILES string of the molecule is NCC#Cc1cccc(C(=O)N2CC3CCCC3C2)c1. The molecule has 2 fully saturated rings. The number of carbonyl (C=O) groups excluding carboxylic acids is 1. The van der Waals surface area contributed by atoms with Crippen molar-refractivity contribution in [3.8, 4) is 11.8 Å². The molecule has 0 spiro atoms. The quantitative estimate of drug-likeness (QED) is 0.790. The first kappa shape index (κ1) is 13.2. The summed E-state index contributed by atoms with van der Waals surface area (Å²) in [5, 5.41) is 0. The third-order valence-electron chi connectivity index (χ3n) is 4.46. The first-order valence-corrected chi connectivity index (χ1v) is 7.36. The average Bonchev–Trinajstić information content (AvgIpc) is 3.06. The van der Waals surface area contributed by atoms with Gasteiger partial charge in [-0.25, -0.2) is 0 Å².